The van der Waals surface area contributed by atoms with Gasteiger partial charge in [-0.25, -0.2) is 4.98 Å². The summed E-state index contributed by atoms with van der Waals surface area (Å²) in [4.78, 5) is 15.8. The maximum Gasteiger partial charge on any atom is 0.228 e. The number of thiophene rings is 1. The number of fused-ring (bicyclic) bond motifs is 1. The van der Waals surface area contributed by atoms with Gasteiger partial charge in [-0.3, -0.25) is 10.00 Å². The Morgan fingerprint density at radius 3 is 2.67 bits per heavy atom. The van der Waals surface area contributed by atoms with E-state index in [0.29, 0.717) is 6.04 Å². The first-order chi connectivity index (χ1) is 13.2. The highest BCUT2D eigenvalue weighted by atomic mass is 32.1. The van der Waals surface area contributed by atoms with E-state index in [9.17, 15) is 0 Å². The number of hydrogen-bond donors (Lipinski definition) is 2. The minimum atomic E-state index is 0.524. The molecule has 0 saturated carbocycles. The van der Waals surface area contributed by atoms with Crippen molar-refractivity contribution in [2.45, 2.75) is 56.8 Å². The summed E-state index contributed by atoms with van der Waals surface area (Å²) in [5.74, 6) is 2.43. The van der Waals surface area contributed by atoms with E-state index in [4.69, 9.17) is 9.97 Å². The maximum atomic E-state index is 4.90. The number of rotatable bonds is 4. The van der Waals surface area contributed by atoms with Gasteiger partial charge in [0.15, 0.2) is 5.82 Å². The molecule has 4 atom stereocenters. The fraction of sp³-hybridized carbons (Fsp3) is 0.526. The zero-order chi connectivity index (χ0) is 18.1. The third kappa shape index (κ3) is 2.39. The molecule has 8 heteroatoms. The van der Waals surface area contributed by atoms with Crippen LogP contribution < -0.4 is 10.2 Å². The van der Waals surface area contributed by atoms with E-state index in [1.54, 1.807) is 11.3 Å². The molecule has 3 aliphatic rings. The Labute approximate surface area is 161 Å². The number of anilines is 3. The number of nitrogens with one attached hydrogen (secondary N) is 2. The lowest BCUT2D eigenvalue weighted by Crippen LogP contribution is -2.74. The molecule has 7 nitrogen and oxygen atoms in total. The molecule has 0 spiro atoms. The van der Waals surface area contributed by atoms with Crippen molar-refractivity contribution in [1.82, 2.24) is 25.1 Å². The first kappa shape index (κ1) is 15.8. The van der Waals surface area contributed by atoms with Crippen LogP contribution in [0.5, 0.6) is 0 Å². The number of hydrogen-bond acceptors (Lipinski definition) is 7. The SMILES string of the molecule is Cc1cc(Nc2nc(N(C)C3C[C@@H]4CC5C[C@H](C3)N54)nc3sccc23)n[nH]1. The van der Waals surface area contributed by atoms with E-state index < -0.39 is 0 Å². The van der Waals surface area contributed by atoms with Crippen LogP contribution in [0.3, 0.4) is 0 Å². The molecule has 2 unspecified atom stereocenters. The second-order valence-electron chi connectivity index (χ2n) is 8.19. The normalized spacial score (nSPS) is 29.1. The van der Waals surface area contributed by atoms with Crippen molar-refractivity contribution in [3.8, 4) is 0 Å². The van der Waals surface area contributed by atoms with Crippen molar-refractivity contribution in [3.05, 3.63) is 23.2 Å². The van der Waals surface area contributed by atoms with Crippen LogP contribution in [0, 0.1) is 6.92 Å². The summed E-state index contributed by atoms with van der Waals surface area (Å²) in [5.41, 5.74) is 1.02. The summed E-state index contributed by atoms with van der Waals surface area (Å²) in [7, 11) is 2.16. The highest BCUT2D eigenvalue weighted by molar-refractivity contribution is 7.16. The predicted octanol–water partition coefficient (Wildman–Crippen LogP) is 3.28. The van der Waals surface area contributed by atoms with Crippen molar-refractivity contribution in [1.29, 1.82) is 0 Å². The second kappa shape index (κ2) is 5.65. The molecule has 3 aromatic rings. The largest absolute Gasteiger partial charge is 0.341 e. The van der Waals surface area contributed by atoms with Gasteiger partial charge in [0.2, 0.25) is 5.95 Å². The molecule has 6 rings (SSSR count). The molecule has 0 aliphatic carbocycles. The van der Waals surface area contributed by atoms with Crippen molar-refractivity contribution in [2.24, 2.45) is 0 Å². The van der Waals surface area contributed by atoms with Gasteiger partial charge in [0.05, 0.1) is 5.39 Å². The highest BCUT2D eigenvalue weighted by Gasteiger charge is 2.55. The van der Waals surface area contributed by atoms with Gasteiger partial charge in [0.1, 0.15) is 10.6 Å². The number of aromatic nitrogens is 4. The van der Waals surface area contributed by atoms with Crippen LogP contribution in [0.2, 0.25) is 0 Å². The van der Waals surface area contributed by atoms with E-state index in [2.05, 4.69) is 43.8 Å². The smallest absolute Gasteiger partial charge is 0.228 e. The number of nitrogens with zero attached hydrogens (tertiary/aromatic N) is 5. The Bertz CT molecular complexity index is 995. The van der Waals surface area contributed by atoms with Gasteiger partial charge >= 0.3 is 0 Å². The first-order valence-electron chi connectivity index (χ1n) is 9.70. The van der Waals surface area contributed by atoms with Gasteiger partial charge in [-0.15, -0.1) is 11.3 Å². The van der Waals surface area contributed by atoms with Crippen LogP contribution >= 0.6 is 11.3 Å². The summed E-state index contributed by atoms with van der Waals surface area (Å²) < 4.78 is 0. The summed E-state index contributed by atoms with van der Waals surface area (Å²) in [6, 6.07) is 7.05. The molecular weight excluding hydrogens is 358 g/mol. The highest BCUT2D eigenvalue weighted by Crippen LogP contribution is 2.49. The average Bonchev–Trinajstić information content (AvgIpc) is 3.24. The zero-order valence-corrected chi connectivity index (χ0v) is 16.3. The van der Waals surface area contributed by atoms with Gasteiger partial charge in [0, 0.05) is 43.0 Å². The number of H-pyrrole nitrogens is 1. The van der Waals surface area contributed by atoms with Crippen LogP contribution in [0.15, 0.2) is 17.5 Å². The maximum absolute atomic E-state index is 4.90. The van der Waals surface area contributed by atoms with Crippen LogP contribution in [0.1, 0.15) is 31.4 Å². The van der Waals surface area contributed by atoms with Crippen molar-refractivity contribution in [2.75, 3.05) is 17.3 Å². The summed E-state index contributed by atoms with van der Waals surface area (Å²) in [5, 5.41) is 13.8. The van der Waals surface area contributed by atoms with E-state index in [-0.39, 0.29) is 0 Å². The van der Waals surface area contributed by atoms with Gasteiger partial charge in [0.25, 0.3) is 0 Å². The Hall–Kier alpha value is -2.19. The zero-order valence-electron chi connectivity index (χ0n) is 15.5. The molecule has 2 N–H and O–H groups in total. The molecule has 0 radical (unpaired) electrons. The Morgan fingerprint density at radius 1 is 1.19 bits per heavy atom. The minimum absolute atomic E-state index is 0.524. The first-order valence-corrected chi connectivity index (χ1v) is 10.6. The minimum Gasteiger partial charge on any atom is -0.341 e. The van der Waals surface area contributed by atoms with E-state index in [1.807, 2.05) is 13.0 Å². The quantitative estimate of drug-likeness (QED) is 0.723. The molecule has 27 heavy (non-hydrogen) atoms. The fourth-order valence-corrected chi connectivity index (χ4v) is 5.93. The fourth-order valence-electron chi connectivity index (χ4n) is 5.17. The van der Waals surface area contributed by atoms with E-state index in [0.717, 1.165) is 51.6 Å². The molecule has 140 valence electrons. The van der Waals surface area contributed by atoms with Crippen LogP contribution in [-0.2, 0) is 0 Å². The molecule has 0 bridgehead atoms. The molecule has 0 aromatic carbocycles. The van der Waals surface area contributed by atoms with E-state index in [1.165, 1.54) is 25.7 Å². The molecule has 3 fully saturated rings. The third-order valence-corrected chi connectivity index (χ3v) is 7.38. The van der Waals surface area contributed by atoms with E-state index >= 15 is 0 Å². The van der Waals surface area contributed by atoms with Gasteiger partial charge in [-0.2, -0.15) is 10.1 Å². The van der Waals surface area contributed by atoms with Gasteiger partial charge in [-0.1, -0.05) is 0 Å². The molecule has 0 amide bonds. The Kier molecular flexibility index (Phi) is 3.31. The van der Waals surface area contributed by atoms with Crippen molar-refractivity contribution >= 4 is 39.1 Å². The number of aromatic amines is 1. The van der Waals surface area contributed by atoms with Crippen LogP contribution in [0.4, 0.5) is 17.6 Å². The number of piperidine rings is 2. The summed E-state index contributed by atoms with van der Waals surface area (Å²) in [6.07, 6.45) is 5.24. The van der Waals surface area contributed by atoms with Crippen LogP contribution in [0.25, 0.3) is 10.2 Å². The lowest BCUT2D eigenvalue weighted by molar-refractivity contribution is -0.148. The molecule has 3 aliphatic heterocycles. The third-order valence-electron chi connectivity index (χ3n) is 6.57. The summed E-state index contributed by atoms with van der Waals surface area (Å²) >= 11 is 1.66. The lowest BCUT2D eigenvalue weighted by Gasteiger charge is -2.66. The van der Waals surface area contributed by atoms with Gasteiger partial charge < -0.3 is 10.2 Å². The second-order valence-corrected chi connectivity index (χ2v) is 9.08. The van der Waals surface area contributed by atoms with Crippen molar-refractivity contribution < 1.29 is 0 Å². The molecule has 6 heterocycles. The molecule has 3 saturated heterocycles. The predicted molar refractivity (Wildman–Crippen MR) is 108 cm³/mol. The number of aryl methyl sites for hydroxylation is 1. The summed E-state index contributed by atoms with van der Waals surface area (Å²) in [6.45, 7) is 2.00. The molecule has 3 aromatic heterocycles. The average molecular weight is 382 g/mol. The monoisotopic (exact) mass is 381 g/mol. The van der Waals surface area contributed by atoms with Crippen LogP contribution in [-0.4, -0.2) is 56.3 Å². The topological polar surface area (TPSA) is 73.0 Å². The lowest BCUT2D eigenvalue weighted by atomic mass is 9.68. The van der Waals surface area contributed by atoms with Gasteiger partial charge in [-0.05, 0) is 44.1 Å². The standard InChI is InChI=1S/C19H23N7S/c1-10-5-16(24-23-10)20-17-15-3-4-27-18(15)22-19(21-17)25(2)11-6-12-8-14-9-13(7-11)26(12)14/h3-5,11-14H,6-9H2,1-2H3,(H2,20,21,22,23,24)/t11?,12-,13+,14?. The molecular formula is C19H23N7S. The Balaban J connectivity index is 1.32. The Morgan fingerprint density at radius 2 is 1.96 bits per heavy atom. The van der Waals surface area contributed by atoms with Crippen molar-refractivity contribution in [3.63, 3.8) is 0 Å².